The maximum Gasteiger partial charge on any atom is 0.255 e. The molecule has 4 heterocycles. The van der Waals surface area contributed by atoms with Crippen LogP contribution in [-0.4, -0.2) is 40.6 Å². The molecule has 0 saturated carbocycles. The summed E-state index contributed by atoms with van der Waals surface area (Å²) in [7, 11) is 0. The third kappa shape index (κ3) is 4.96. The molecule has 0 bridgehead atoms. The van der Waals surface area contributed by atoms with Crippen molar-refractivity contribution in [3.63, 3.8) is 0 Å². The van der Waals surface area contributed by atoms with Gasteiger partial charge in [0.1, 0.15) is 17.2 Å². The molecule has 9 nitrogen and oxygen atoms in total. The molecule has 1 aliphatic rings. The zero-order chi connectivity index (χ0) is 28.6. The van der Waals surface area contributed by atoms with Crippen LogP contribution in [0.4, 0.5) is 4.39 Å². The van der Waals surface area contributed by atoms with Crippen molar-refractivity contribution in [2.24, 2.45) is 0 Å². The molecule has 1 aliphatic heterocycles. The standard InChI is InChI=1S/C31H24BrFN8O/c32-20-12-13-21(22(33)15-20)30(19-7-2-1-3-8-19)36-31(42)29-27(38-41-14-6-11-28(29)41)18-40-17-26(37-39-40)25-16-34-23-9-4-5-10-24(23)35-25/h1-5,7-10,12-13,15-17,30H,6,11,14,18H2,(H,36,42). The summed E-state index contributed by atoms with van der Waals surface area (Å²) in [4.78, 5) is 23.1. The van der Waals surface area contributed by atoms with Gasteiger partial charge in [-0.15, -0.1) is 5.10 Å². The Labute approximate surface area is 248 Å². The molecule has 7 rings (SSSR count). The fraction of sp³-hybridized carbons (Fsp3) is 0.161. The van der Waals surface area contributed by atoms with E-state index in [-0.39, 0.29) is 12.5 Å². The second-order valence-electron chi connectivity index (χ2n) is 10.1. The topological polar surface area (TPSA) is 103 Å². The Morgan fingerprint density at radius 1 is 1.02 bits per heavy atom. The summed E-state index contributed by atoms with van der Waals surface area (Å²) < 4.78 is 19.3. The summed E-state index contributed by atoms with van der Waals surface area (Å²) in [5, 5.41) is 16.5. The average Bonchev–Trinajstić information content (AvgIpc) is 3.73. The van der Waals surface area contributed by atoms with Crippen molar-refractivity contribution in [1.29, 1.82) is 0 Å². The molecule has 1 atom stereocenters. The largest absolute Gasteiger partial charge is 0.341 e. The number of rotatable bonds is 7. The number of hydrogen-bond acceptors (Lipinski definition) is 6. The number of nitrogens with one attached hydrogen (secondary N) is 1. The zero-order valence-corrected chi connectivity index (χ0v) is 23.9. The molecule has 0 saturated heterocycles. The monoisotopic (exact) mass is 622 g/mol. The summed E-state index contributed by atoms with van der Waals surface area (Å²) in [6.07, 6.45) is 5.08. The van der Waals surface area contributed by atoms with Crippen molar-refractivity contribution in [3.05, 3.63) is 124 Å². The number of benzene rings is 3. The number of amides is 1. The lowest BCUT2D eigenvalue weighted by atomic mass is 9.97. The van der Waals surface area contributed by atoms with Crippen LogP contribution in [0.3, 0.4) is 0 Å². The molecule has 1 amide bonds. The molecular weight excluding hydrogens is 599 g/mol. The molecule has 3 aromatic carbocycles. The normalized spacial score (nSPS) is 13.3. The van der Waals surface area contributed by atoms with E-state index in [1.165, 1.54) is 6.07 Å². The lowest BCUT2D eigenvalue weighted by Crippen LogP contribution is -2.31. The third-order valence-corrected chi connectivity index (χ3v) is 7.88. The number of para-hydroxylation sites is 2. The van der Waals surface area contributed by atoms with E-state index < -0.39 is 11.9 Å². The molecule has 3 aromatic heterocycles. The Kier molecular flexibility index (Phi) is 6.79. The first-order valence-corrected chi connectivity index (χ1v) is 14.3. The van der Waals surface area contributed by atoms with Gasteiger partial charge in [0.2, 0.25) is 0 Å². The van der Waals surface area contributed by atoms with Crippen LogP contribution in [0.15, 0.2) is 89.7 Å². The van der Waals surface area contributed by atoms with Gasteiger partial charge in [-0.25, -0.2) is 14.1 Å². The average molecular weight is 623 g/mol. The molecular formula is C31H24BrFN8O. The summed E-state index contributed by atoms with van der Waals surface area (Å²) in [6.45, 7) is 0.966. The molecule has 1 N–H and O–H groups in total. The van der Waals surface area contributed by atoms with Gasteiger partial charge in [-0.2, -0.15) is 5.10 Å². The van der Waals surface area contributed by atoms with Gasteiger partial charge in [-0.1, -0.05) is 69.7 Å². The lowest BCUT2D eigenvalue weighted by Gasteiger charge is -2.21. The minimum absolute atomic E-state index is 0.236. The number of aromatic nitrogens is 7. The van der Waals surface area contributed by atoms with Gasteiger partial charge in [-0.05, 0) is 42.7 Å². The lowest BCUT2D eigenvalue weighted by molar-refractivity contribution is 0.0940. The van der Waals surface area contributed by atoms with Crippen LogP contribution >= 0.6 is 15.9 Å². The number of halogens is 2. The molecule has 0 fully saturated rings. The van der Waals surface area contributed by atoms with E-state index >= 15 is 4.39 Å². The van der Waals surface area contributed by atoms with Crippen molar-refractivity contribution < 1.29 is 9.18 Å². The van der Waals surface area contributed by atoms with E-state index in [0.29, 0.717) is 32.7 Å². The molecule has 42 heavy (non-hydrogen) atoms. The van der Waals surface area contributed by atoms with Crippen molar-refractivity contribution in [3.8, 4) is 11.4 Å². The highest BCUT2D eigenvalue weighted by atomic mass is 79.9. The minimum atomic E-state index is -0.693. The molecule has 0 radical (unpaired) electrons. The Balaban J connectivity index is 1.20. The molecule has 11 heteroatoms. The maximum absolute atomic E-state index is 15.2. The van der Waals surface area contributed by atoms with Crippen LogP contribution in [0, 0.1) is 5.82 Å². The summed E-state index contributed by atoms with van der Waals surface area (Å²) in [6, 6.07) is 21.2. The number of nitrogens with zero attached hydrogens (tertiary/aromatic N) is 7. The maximum atomic E-state index is 15.2. The number of aryl methyl sites for hydroxylation is 1. The fourth-order valence-electron chi connectivity index (χ4n) is 5.41. The Bertz CT molecular complexity index is 1940. The highest BCUT2D eigenvalue weighted by Crippen LogP contribution is 2.29. The highest BCUT2D eigenvalue weighted by molar-refractivity contribution is 9.10. The van der Waals surface area contributed by atoms with Crippen LogP contribution in [0.25, 0.3) is 22.4 Å². The van der Waals surface area contributed by atoms with E-state index in [4.69, 9.17) is 5.10 Å². The molecule has 0 spiro atoms. The van der Waals surface area contributed by atoms with Crippen LogP contribution in [0.2, 0.25) is 0 Å². The summed E-state index contributed by atoms with van der Waals surface area (Å²) in [5.41, 5.74) is 5.83. The van der Waals surface area contributed by atoms with Crippen molar-refractivity contribution >= 4 is 32.9 Å². The quantitative estimate of drug-likeness (QED) is 0.252. The van der Waals surface area contributed by atoms with E-state index in [1.54, 1.807) is 29.2 Å². The smallest absolute Gasteiger partial charge is 0.255 e. The summed E-state index contributed by atoms with van der Waals surface area (Å²) >= 11 is 3.33. The van der Waals surface area contributed by atoms with Gasteiger partial charge in [0.05, 0.1) is 53.0 Å². The summed E-state index contributed by atoms with van der Waals surface area (Å²) in [5.74, 6) is -0.726. The Hall–Kier alpha value is -4.77. The minimum Gasteiger partial charge on any atom is -0.341 e. The van der Waals surface area contributed by atoms with E-state index in [1.807, 2.05) is 59.3 Å². The van der Waals surface area contributed by atoms with E-state index in [9.17, 15) is 4.79 Å². The van der Waals surface area contributed by atoms with E-state index in [0.717, 1.165) is 41.7 Å². The van der Waals surface area contributed by atoms with Crippen LogP contribution in [0.5, 0.6) is 0 Å². The molecule has 0 aliphatic carbocycles. The second-order valence-corrected chi connectivity index (χ2v) is 11.0. The van der Waals surface area contributed by atoms with Crippen LogP contribution < -0.4 is 5.32 Å². The predicted octanol–water partition coefficient (Wildman–Crippen LogP) is 5.50. The number of carbonyl (C=O) groups is 1. The van der Waals surface area contributed by atoms with Gasteiger partial charge >= 0.3 is 0 Å². The van der Waals surface area contributed by atoms with Crippen LogP contribution in [0.1, 0.15) is 45.3 Å². The van der Waals surface area contributed by atoms with Gasteiger partial charge in [0, 0.05) is 16.6 Å². The van der Waals surface area contributed by atoms with Gasteiger partial charge < -0.3 is 5.32 Å². The predicted molar refractivity (Wildman–Crippen MR) is 158 cm³/mol. The van der Waals surface area contributed by atoms with E-state index in [2.05, 4.69) is 41.5 Å². The molecule has 208 valence electrons. The zero-order valence-electron chi connectivity index (χ0n) is 22.3. The second kappa shape index (κ2) is 10.9. The van der Waals surface area contributed by atoms with Crippen molar-refractivity contribution in [2.45, 2.75) is 32.0 Å². The SMILES string of the molecule is O=C(NC(c1ccccc1)c1ccc(Br)cc1F)c1c(Cn2cc(-c3cnc4ccccc4n3)nn2)nn2c1CCC2. The first-order chi connectivity index (χ1) is 20.5. The highest BCUT2D eigenvalue weighted by Gasteiger charge is 2.30. The first kappa shape index (κ1) is 26.1. The van der Waals surface area contributed by atoms with Gasteiger partial charge in [0.25, 0.3) is 5.91 Å². The van der Waals surface area contributed by atoms with Gasteiger partial charge in [-0.3, -0.25) is 14.5 Å². The number of carbonyl (C=O) groups excluding carboxylic acids is 1. The third-order valence-electron chi connectivity index (χ3n) is 7.38. The Morgan fingerprint density at radius 3 is 2.67 bits per heavy atom. The van der Waals surface area contributed by atoms with Crippen molar-refractivity contribution in [2.75, 3.05) is 0 Å². The first-order valence-electron chi connectivity index (χ1n) is 13.5. The molecule has 1 unspecified atom stereocenters. The van der Waals surface area contributed by atoms with Crippen molar-refractivity contribution in [1.82, 2.24) is 40.1 Å². The number of hydrogen-bond donors (Lipinski definition) is 1. The van der Waals surface area contributed by atoms with Crippen LogP contribution in [-0.2, 0) is 19.5 Å². The van der Waals surface area contributed by atoms with Gasteiger partial charge in [0.15, 0.2) is 0 Å². The molecule has 6 aromatic rings. The Morgan fingerprint density at radius 2 is 1.83 bits per heavy atom. The number of fused-ring (bicyclic) bond motifs is 2. The fourth-order valence-corrected chi connectivity index (χ4v) is 5.75.